The Balaban J connectivity index is 2.85. The second-order valence-corrected chi connectivity index (χ2v) is 2.07. The van der Waals surface area contributed by atoms with E-state index in [9.17, 15) is 4.79 Å². The van der Waals surface area contributed by atoms with E-state index in [4.69, 9.17) is 0 Å². The molecule has 0 fully saturated rings. The molecule has 1 aromatic heterocycles. The summed E-state index contributed by atoms with van der Waals surface area (Å²) in [5.74, 6) is 0. The third-order valence-corrected chi connectivity index (χ3v) is 1.20. The van der Waals surface area contributed by atoms with Gasteiger partial charge in [0.15, 0.2) is 0 Å². The zero-order chi connectivity index (χ0) is 7.40. The lowest BCUT2D eigenvalue weighted by Crippen LogP contribution is -2.12. The molecule has 1 rings (SSSR count). The summed E-state index contributed by atoms with van der Waals surface area (Å²) >= 11 is 0. The van der Waals surface area contributed by atoms with Gasteiger partial charge < -0.3 is 10.3 Å². The van der Waals surface area contributed by atoms with Crippen LogP contribution in [0.25, 0.3) is 0 Å². The zero-order valence-corrected chi connectivity index (χ0v) is 5.85. The van der Waals surface area contributed by atoms with Crippen molar-refractivity contribution in [3.05, 3.63) is 34.2 Å². The average Bonchev–Trinajstić information content (AvgIpc) is 1.88. The molecule has 0 saturated heterocycles. The van der Waals surface area contributed by atoms with Crippen LogP contribution in [0.2, 0.25) is 0 Å². The fraction of sp³-hybridized carbons (Fsp3) is 0.286. The van der Waals surface area contributed by atoms with Crippen LogP contribution in [-0.2, 0) is 6.54 Å². The van der Waals surface area contributed by atoms with Crippen LogP contribution >= 0.6 is 0 Å². The summed E-state index contributed by atoms with van der Waals surface area (Å²) in [7, 11) is 1.84. The van der Waals surface area contributed by atoms with E-state index in [0.29, 0.717) is 6.54 Å². The highest BCUT2D eigenvalue weighted by molar-refractivity contribution is 5.02. The molecular weight excluding hydrogens is 128 g/mol. The molecule has 1 aromatic rings. The van der Waals surface area contributed by atoms with Gasteiger partial charge in [-0.1, -0.05) is 6.07 Å². The molecular formula is C7H10N2O. The average molecular weight is 138 g/mol. The molecule has 0 aliphatic rings. The first kappa shape index (κ1) is 7.02. The van der Waals surface area contributed by atoms with Gasteiger partial charge in [-0.15, -0.1) is 0 Å². The van der Waals surface area contributed by atoms with Crippen molar-refractivity contribution in [1.29, 1.82) is 0 Å². The number of hydrogen-bond donors (Lipinski definition) is 2. The molecule has 3 nitrogen and oxygen atoms in total. The van der Waals surface area contributed by atoms with Crippen LogP contribution < -0.4 is 10.9 Å². The Bertz CT molecular complexity index is 254. The zero-order valence-electron chi connectivity index (χ0n) is 5.85. The highest BCUT2D eigenvalue weighted by Crippen LogP contribution is 1.86. The van der Waals surface area contributed by atoms with Gasteiger partial charge in [-0.25, -0.2) is 0 Å². The highest BCUT2D eigenvalue weighted by Gasteiger charge is 1.87. The molecule has 0 atom stereocenters. The summed E-state index contributed by atoms with van der Waals surface area (Å²) in [5.41, 5.74) is 0.864. The molecule has 10 heavy (non-hydrogen) atoms. The molecule has 0 unspecified atom stereocenters. The molecule has 0 bridgehead atoms. The maximum atomic E-state index is 10.7. The number of aromatic nitrogens is 1. The lowest BCUT2D eigenvalue weighted by molar-refractivity contribution is 0.787. The first-order valence-corrected chi connectivity index (χ1v) is 3.16. The molecule has 3 heteroatoms. The largest absolute Gasteiger partial charge is 0.325 e. The first-order valence-electron chi connectivity index (χ1n) is 3.16. The van der Waals surface area contributed by atoms with E-state index in [1.54, 1.807) is 6.07 Å². The van der Waals surface area contributed by atoms with Gasteiger partial charge >= 0.3 is 0 Å². The number of pyridine rings is 1. The number of rotatable bonds is 2. The Labute approximate surface area is 59.1 Å². The fourth-order valence-corrected chi connectivity index (χ4v) is 0.787. The van der Waals surface area contributed by atoms with Crippen molar-refractivity contribution in [2.24, 2.45) is 0 Å². The molecule has 0 aromatic carbocycles. The fourth-order valence-electron chi connectivity index (χ4n) is 0.787. The molecule has 0 amide bonds. The minimum Gasteiger partial charge on any atom is -0.325 e. The van der Waals surface area contributed by atoms with Crippen molar-refractivity contribution in [2.75, 3.05) is 7.05 Å². The van der Waals surface area contributed by atoms with Gasteiger partial charge in [-0.3, -0.25) is 4.79 Å². The smallest absolute Gasteiger partial charge is 0.248 e. The van der Waals surface area contributed by atoms with Crippen molar-refractivity contribution < 1.29 is 0 Å². The van der Waals surface area contributed by atoms with Crippen LogP contribution in [0.15, 0.2) is 23.0 Å². The molecule has 0 aliphatic heterocycles. The van der Waals surface area contributed by atoms with E-state index in [2.05, 4.69) is 10.3 Å². The van der Waals surface area contributed by atoms with Crippen LogP contribution in [0.5, 0.6) is 0 Å². The SMILES string of the molecule is CNCc1cccc(=O)[nH]1. The standard InChI is InChI=1S/C7H10N2O/c1-8-5-6-3-2-4-7(10)9-6/h2-4,8H,5H2,1H3,(H,9,10). The second-order valence-electron chi connectivity index (χ2n) is 2.07. The van der Waals surface area contributed by atoms with Gasteiger partial charge in [0.25, 0.3) is 0 Å². The van der Waals surface area contributed by atoms with Gasteiger partial charge in [0.2, 0.25) is 5.56 Å². The first-order chi connectivity index (χ1) is 4.83. The Morgan fingerprint density at radius 2 is 2.40 bits per heavy atom. The van der Waals surface area contributed by atoms with E-state index in [0.717, 1.165) is 5.69 Å². The lowest BCUT2D eigenvalue weighted by atomic mass is 10.3. The maximum absolute atomic E-state index is 10.7. The summed E-state index contributed by atoms with van der Waals surface area (Å²) in [6, 6.07) is 5.11. The third-order valence-electron chi connectivity index (χ3n) is 1.20. The van der Waals surface area contributed by atoms with Gasteiger partial charge in [0.1, 0.15) is 0 Å². The molecule has 0 radical (unpaired) electrons. The highest BCUT2D eigenvalue weighted by atomic mass is 16.1. The topological polar surface area (TPSA) is 44.9 Å². The van der Waals surface area contributed by atoms with Crippen LogP contribution in [0, 0.1) is 0 Å². The van der Waals surface area contributed by atoms with Crippen LogP contribution in [0.1, 0.15) is 5.69 Å². The Kier molecular flexibility index (Phi) is 2.23. The van der Waals surface area contributed by atoms with Crippen LogP contribution in [0.4, 0.5) is 0 Å². The third kappa shape index (κ3) is 1.70. The molecule has 0 spiro atoms. The van der Waals surface area contributed by atoms with Gasteiger partial charge in [-0.2, -0.15) is 0 Å². The molecule has 0 aliphatic carbocycles. The summed E-state index contributed by atoms with van der Waals surface area (Å²) < 4.78 is 0. The molecule has 54 valence electrons. The summed E-state index contributed by atoms with van der Waals surface area (Å²) in [6.07, 6.45) is 0. The second kappa shape index (κ2) is 3.17. The predicted octanol–water partition coefficient (Wildman–Crippen LogP) is 0.0943. The van der Waals surface area contributed by atoms with E-state index in [1.165, 1.54) is 6.07 Å². The predicted molar refractivity (Wildman–Crippen MR) is 39.8 cm³/mol. The number of hydrogen-bond acceptors (Lipinski definition) is 2. The van der Waals surface area contributed by atoms with E-state index < -0.39 is 0 Å². The summed E-state index contributed by atoms with van der Waals surface area (Å²) in [6.45, 7) is 0.704. The quantitative estimate of drug-likeness (QED) is 0.608. The van der Waals surface area contributed by atoms with Crippen molar-refractivity contribution >= 4 is 0 Å². The van der Waals surface area contributed by atoms with Crippen molar-refractivity contribution in [3.8, 4) is 0 Å². The molecule has 2 N–H and O–H groups in total. The van der Waals surface area contributed by atoms with Gasteiger partial charge in [0, 0.05) is 18.3 Å². The monoisotopic (exact) mass is 138 g/mol. The van der Waals surface area contributed by atoms with E-state index in [1.807, 2.05) is 13.1 Å². The summed E-state index contributed by atoms with van der Waals surface area (Å²) in [5, 5.41) is 2.94. The van der Waals surface area contributed by atoms with Gasteiger partial charge in [0.05, 0.1) is 0 Å². The van der Waals surface area contributed by atoms with Crippen LogP contribution in [0.3, 0.4) is 0 Å². The maximum Gasteiger partial charge on any atom is 0.248 e. The number of aromatic amines is 1. The molecule has 1 heterocycles. The lowest BCUT2D eigenvalue weighted by Gasteiger charge is -1.96. The van der Waals surface area contributed by atoms with Crippen molar-refractivity contribution in [1.82, 2.24) is 10.3 Å². The number of H-pyrrole nitrogens is 1. The normalized spacial score (nSPS) is 9.70. The van der Waals surface area contributed by atoms with E-state index in [-0.39, 0.29) is 5.56 Å². The van der Waals surface area contributed by atoms with Crippen LogP contribution in [-0.4, -0.2) is 12.0 Å². The Morgan fingerprint density at radius 1 is 1.60 bits per heavy atom. The van der Waals surface area contributed by atoms with Gasteiger partial charge in [-0.05, 0) is 13.1 Å². The van der Waals surface area contributed by atoms with Crippen molar-refractivity contribution in [3.63, 3.8) is 0 Å². The Hall–Kier alpha value is -1.09. The van der Waals surface area contributed by atoms with E-state index >= 15 is 0 Å². The minimum absolute atomic E-state index is 0.0484. The summed E-state index contributed by atoms with van der Waals surface area (Å²) in [4.78, 5) is 13.4. The number of nitrogens with one attached hydrogen (secondary N) is 2. The molecule has 0 saturated carbocycles. The Morgan fingerprint density at radius 3 is 3.00 bits per heavy atom. The van der Waals surface area contributed by atoms with Crippen molar-refractivity contribution in [2.45, 2.75) is 6.54 Å². The minimum atomic E-state index is -0.0484.